The lowest BCUT2D eigenvalue weighted by atomic mass is 9.68. The highest BCUT2D eigenvalue weighted by molar-refractivity contribution is 5.61. The van der Waals surface area contributed by atoms with Crippen molar-refractivity contribution in [3.8, 4) is 5.75 Å². The maximum absolute atomic E-state index is 13.5. The zero-order valence-electron chi connectivity index (χ0n) is 14.6. The first kappa shape index (κ1) is 17.8. The molecule has 2 aromatic rings. The number of H-pyrrole nitrogens is 1. The summed E-state index contributed by atoms with van der Waals surface area (Å²) < 4.78 is 70.1. The number of nitrogens with one attached hydrogen (secondary N) is 2. The number of aromatic amines is 1. The maximum Gasteiger partial charge on any atom is 0.433 e. The van der Waals surface area contributed by atoms with Crippen LogP contribution in [0.4, 0.5) is 27.6 Å². The number of anilines is 1. The maximum atomic E-state index is 13.5. The Morgan fingerprint density at radius 3 is 2.64 bits per heavy atom. The summed E-state index contributed by atoms with van der Waals surface area (Å²) in [6.45, 7) is -2.92. The average Bonchev–Trinajstić information content (AvgIpc) is 3.35. The lowest BCUT2D eigenvalue weighted by Crippen LogP contribution is -2.36. The Morgan fingerprint density at radius 2 is 1.89 bits per heavy atom. The molecule has 2 bridgehead atoms. The van der Waals surface area contributed by atoms with Gasteiger partial charge in [-0.05, 0) is 66.7 Å². The molecule has 5 atom stereocenters. The number of hydrogen-bond donors (Lipinski definition) is 2. The lowest BCUT2D eigenvalue weighted by molar-refractivity contribution is -0.142. The van der Waals surface area contributed by atoms with E-state index in [-0.39, 0.29) is 23.1 Å². The summed E-state index contributed by atoms with van der Waals surface area (Å²) in [5.74, 6) is 0.719. The number of hydrogen-bond acceptors (Lipinski definition) is 3. The van der Waals surface area contributed by atoms with Crippen LogP contribution in [0.1, 0.15) is 48.0 Å². The largest absolute Gasteiger partial charge is 0.435 e. The molecule has 4 nitrogen and oxygen atoms in total. The minimum absolute atomic E-state index is 0.0252. The fourth-order valence-corrected chi connectivity index (χ4v) is 5.71. The van der Waals surface area contributed by atoms with Crippen molar-refractivity contribution >= 4 is 5.69 Å². The molecule has 5 rings (SSSR count). The van der Waals surface area contributed by atoms with Gasteiger partial charge >= 0.3 is 12.8 Å². The normalized spacial score (nSPS) is 30.9. The monoisotopic (exact) mass is 399 g/mol. The Kier molecular flexibility index (Phi) is 3.86. The molecule has 2 aliphatic carbocycles. The van der Waals surface area contributed by atoms with Gasteiger partial charge in [-0.1, -0.05) is 0 Å². The second kappa shape index (κ2) is 6.09. The van der Waals surface area contributed by atoms with E-state index in [1.54, 1.807) is 12.1 Å². The van der Waals surface area contributed by atoms with Gasteiger partial charge in [-0.3, -0.25) is 5.10 Å². The molecular formula is C19H18F5N3O. The van der Waals surface area contributed by atoms with Crippen molar-refractivity contribution in [3.63, 3.8) is 0 Å². The highest BCUT2D eigenvalue weighted by Crippen LogP contribution is 2.64. The van der Waals surface area contributed by atoms with Gasteiger partial charge in [-0.2, -0.15) is 27.1 Å². The number of aromatic nitrogens is 2. The molecule has 1 aromatic carbocycles. The fourth-order valence-electron chi connectivity index (χ4n) is 5.71. The molecule has 2 saturated carbocycles. The molecule has 28 heavy (non-hydrogen) atoms. The molecule has 1 aromatic heterocycles. The van der Waals surface area contributed by atoms with E-state index in [4.69, 9.17) is 0 Å². The first-order valence-corrected chi connectivity index (χ1v) is 9.28. The van der Waals surface area contributed by atoms with E-state index in [1.165, 1.54) is 12.3 Å². The molecule has 2 fully saturated rings. The SMILES string of the molecule is FC(F)Oc1ccc2c(c1)[C@H]1[C@@H]3CC[C@@H](C3)[C@H]1[C@H](c1cn[nH]c1C(F)(F)F)N2. The number of fused-ring (bicyclic) bond motifs is 7. The molecular weight excluding hydrogens is 381 g/mol. The lowest BCUT2D eigenvalue weighted by Gasteiger charge is -2.43. The van der Waals surface area contributed by atoms with E-state index in [0.717, 1.165) is 24.8 Å². The summed E-state index contributed by atoms with van der Waals surface area (Å²) in [6.07, 6.45) is -0.327. The summed E-state index contributed by atoms with van der Waals surface area (Å²) in [5.41, 5.74) is 0.833. The third kappa shape index (κ3) is 2.66. The fraction of sp³-hybridized carbons (Fsp3) is 0.526. The molecule has 9 heteroatoms. The minimum Gasteiger partial charge on any atom is -0.435 e. The van der Waals surface area contributed by atoms with Gasteiger partial charge in [0.05, 0.1) is 12.2 Å². The van der Waals surface area contributed by atoms with Crippen LogP contribution < -0.4 is 10.1 Å². The predicted molar refractivity (Wildman–Crippen MR) is 90.1 cm³/mol. The molecule has 3 aliphatic rings. The Hall–Kier alpha value is -2.32. The van der Waals surface area contributed by atoms with Gasteiger partial charge in [0.15, 0.2) is 0 Å². The number of alkyl halides is 5. The second-order valence-corrected chi connectivity index (χ2v) is 7.88. The molecule has 2 heterocycles. The van der Waals surface area contributed by atoms with E-state index in [9.17, 15) is 22.0 Å². The summed E-state index contributed by atoms with van der Waals surface area (Å²) >= 11 is 0. The molecule has 0 spiro atoms. The Labute approximate surface area is 157 Å². The van der Waals surface area contributed by atoms with Crippen molar-refractivity contribution in [2.45, 2.75) is 44.0 Å². The Bertz CT molecular complexity index is 896. The topological polar surface area (TPSA) is 49.9 Å². The number of rotatable bonds is 3. The summed E-state index contributed by atoms with van der Waals surface area (Å²) in [6, 6.07) is 4.13. The van der Waals surface area contributed by atoms with E-state index < -0.39 is 24.5 Å². The molecule has 0 unspecified atom stereocenters. The van der Waals surface area contributed by atoms with E-state index >= 15 is 0 Å². The first-order chi connectivity index (χ1) is 13.3. The van der Waals surface area contributed by atoms with Crippen LogP contribution in [-0.4, -0.2) is 16.8 Å². The van der Waals surface area contributed by atoms with E-state index in [0.29, 0.717) is 17.5 Å². The van der Waals surface area contributed by atoms with Crippen molar-refractivity contribution in [3.05, 3.63) is 41.2 Å². The van der Waals surface area contributed by atoms with Crippen LogP contribution in [0.15, 0.2) is 24.4 Å². The zero-order valence-corrected chi connectivity index (χ0v) is 14.6. The van der Waals surface area contributed by atoms with Crippen LogP contribution >= 0.6 is 0 Å². The van der Waals surface area contributed by atoms with Gasteiger partial charge in [0, 0.05) is 11.3 Å². The van der Waals surface area contributed by atoms with Crippen LogP contribution in [0.3, 0.4) is 0 Å². The van der Waals surface area contributed by atoms with Gasteiger partial charge in [-0.25, -0.2) is 0 Å². The van der Waals surface area contributed by atoms with Crippen molar-refractivity contribution in [2.75, 3.05) is 5.32 Å². The van der Waals surface area contributed by atoms with Gasteiger partial charge in [0.25, 0.3) is 0 Å². The summed E-state index contributed by atoms with van der Waals surface area (Å²) in [5, 5.41) is 9.00. The minimum atomic E-state index is -4.52. The Balaban J connectivity index is 1.59. The predicted octanol–water partition coefficient (Wildman–Crippen LogP) is 5.33. The van der Waals surface area contributed by atoms with Crippen LogP contribution in [0.2, 0.25) is 0 Å². The summed E-state index contributed by atoms with van der Waals surface area (Å²) in [7, 11) is 0. The molecule has 0 radical (unpaired) electrons. The molecule has 2 N–H and O–H groups in total. The highest BCUT2D eigenvalue weighted by atomic mass is 19.4. The van der Waals surface area contributed by atoms with E-state index in [2.05, 4.69) is 20.3 Å². The quantitative estimate of drug-likeness (QED) is 0.687. The van der Waals surface area contributed by atoms with Crippen LogP contribution in [-0.2, 0) is 6.18 Å². The molecule has 1 aliphatic heterocycles. The van der Waals surface area contributed by atoms with Crippen molar-refractivity contribution < 1.29 is 26.7 Å². The third-order valence-corrected chi connectivity index (χ3v) is 6.57. The van der Waals surface area contributed by atoms with Gasteiger partial charge in [-0.15, -0.1) is 0 Å². The molecule has 0 saturated heterocycles. The average molecular weight is 399 g/mol. The van der Waals surface area contributed by atoms with Gasteiger partial charge in [0.1, 0.15) is 11.4 Å². The van der Waals surface area contributed by atoms with Gasteiger partial charge < -0.3 is 10.1 Å². The first-order valence-electron chi connectivity index (χ1n) is 9.28. The summed E-state index contributed by atoms with van der Waals surface area (Å²) in [4.78, 5) is 0. The third-order valence-electron chi connectivity index (χ3n) is 6.57. The van der Waals surface area contributed by atoms with E-state index in [1.807, 2.05) is 0 Å². The standard InChI is InChI=1S/C19H18F5N3O/c20-18(21)28-10-3-4-13-11(6-10)14-8-1-2-9(5-8)15(14)16(26-13)12-7-25-27-17(12)19(22,23)24/h3-4,6-9,14-16,18,26H,1-2,5H2,(H,25,27)/t8-,9+,14-,15-,16+/m1/s1. The molecule has 0 amide bonds. The van der Waals surface area contributed by atoms with Gasteiger partial charge in [0.2, 0.25) is 0 Å². The number of nitrogens with zero attached hydrogens (tertiary/aromatic N) is 1. The number of benzene rings is 1. The molecule has 150 valence electrons. The zero-order chi connectivity index (χ0) is 19.6. The number of ether oxygens (including phenoxy) is 1. The van der Waals surface area contributed by atoms with Crippen molar-refractivity contribution in [1.82, 2.24) is 10.2 Å². The smallest absolute Gasteiger partial charge is 0.433 e. The second-order valence-electron chi connectivity index (χ2n) is 7.88. The van der Waals surface area contributed by atoms with Crippen LogP contribution in [0, 0.1) is 17.8 Å². The van der Waals surface area contributed by atoms with Crippen molar-refractivity contribution in [1.29, 1.82) is 0 Å². The van der Waals surface area contributed by atoms with Crippen LogP contribution in [0.5, 0.6) is 5.75 Å². The highest BCUT2D eigenvalue weighted by Gasteiger charge is 2.55. The van der Waals surface area contributed by atoms with Crippen LogP contribution in [0.25, 0.3) is 0 Å². The Morgan fingerprint density at radius 1 is 1.11 bits per heavy atom. The number of halogens is 5. The van der Waals surface area contributed by atoms with Crippen molar-refractivity contribution in [2.24, 2.45) is 17.8 Å².